The van der Waals surface area contributed by atoms with Gasteiger partial charge in [0.2, 0.25) is 0 Å². The fraction of sp³-hybridized carbons (Fsp3) is 0.250. The van der Waals surface area contributed by atoms with Crippen LogP contribution >= 0.6 is 15.9 Å². The molecule has 0 unspecified atom stereocenters. The molecule has 0 aliphatic heterocycles. The second kappa shape index (κ2) is 6.20. The standard InChI is InChI=1S/C16H15BrF3N/c1-16(2,11-3-5-12(17)6-4-11)21-9-10-7-14(19)15(20)8-13(10)18/h3-8,21H,9H2,1-2H3. The van der Waals surface area contributed by atoms with E-state index in [1.807, 2.05) is 38.1 Å². The summed E-state index contributed by atoms with van der Waals surface area (Å²) in [6, 6.07) is 9.17. The molecule has 2 rings (SSSR count). The van der Waals surface area contributed by atoms with Crippen molar-refractivity contribution in [1.82, 2.24) is 5.32 Å². The van der Waals surface area contributed by atoms with Crippen LogP contribution in [0.3, 0.4) is 0 Å². The highest BCUT2D eigenvalue weighted by molar-refractivity contribution is 9.10. The predicted octanol–water partition coefficient (Wildman–Crippen LogP) is 4.89. The van der Waals surface area contributed by atoms with Crippen molar-refractivity contribution in [3.63, 3.8) is 0 Å². The molecule has 0 atom stereocenters. The molecule has 21 heavy (non-hydrogen) atoms. The number of hydrogen-bond acceptors (Lipinski definition) is 1. The van der Waals surface area contributed by atoms with Crippen molar-refractivity contribution >= 4 is 15.9 Å². The molecule has 0 spiro atoms. The molecule has 0 fully saturated rings. The highest BCUT2D eigenvalue weighted by Gasteiger charge is 2.20. The molecule has 2 aromatic carbocycles. The number of halogens is 4. The molecule has 2 aromatic rings. The van der Waals surface area contributed by atoms with Crippen LogP contribution in [0.4, 0.5) is 13.2 Å². The van der Waals surface area contributed by atoms with E-state index in [1.165, 1.54) is 0 Å². The topological polar surface area (TPSA) is 12.0 Å². The quantitative estimate of drug-likeness (QED) is 0.768. The first kappa shape index (κ1) is 16.0. The minimum absolute atomic E-state index is 0.0964. The van der Waals surface area contributed by atoms with Gasteiger partial charge in [-0.1, -0.05) is 28.1 Å². The summed E-state index contributed by atoms with van der Waals surface area (Å²) >= 11 is 3.36. The maximum atomic E-state index is 13.6. The zero-order valence-corrected chi connectivity index (χ0v) is 13.3. The second-order valence-electron chi connectivity index (χ2n) is 5.34. The Bertz CT molecular complexity index is 639. The van der Waals surface area contributed by atoms with Crippen molar-refractivity contribution < 1.29 is 13.2 Å². The largest absolute Gasteiger partial charge is 0.304 e. The van der Waals surface area contributed by atoms with Crippen molar-refractivity contribution in [2.75, 3.05) is 0 Å². The molecule has 0 aliphatic rings. The van der Waals surface area contributed by atoms with Gasteiger partial charge in [0.15, 0.2) is 11.6 Å². The molecular weight excluding hydrogens is 343 g/mol. The van der Waals surface area contributed by atoms with Crippen LogP contribution in [-0.2, 0) is 12.1 Å². The monoisotopic (exact) mass is 357 g/mol. The number of benzene rings is 2. The van der Waals surface area contributed by atoms with Crippen LogP contribution in [0.5, 0.6) is 0 Å². The highest BCUT2D eigenvalue weighted by atomic mass is 79.9. The fourth-order valence-electron chi connectivity index (χ4n) is 1.98. The minimum Gasteiger partial charge on any atom is -0.304 e. The summed E-state index contributed by atoms with van der Waals surface area (Å²) in [5.41, 5.74) is 0.672. The molecule has 0 amide bonds. The molecular formula is C16H15BrF3N. The van der Waals surface area contributed by atoms with Crippen LogP contribution in [-0.4, -0.2) is 0 Å². The van der Waals surface area contributed by atoms with Crippen molar-refractivity contribution in [2.24, 2.45) is 0 Å². The summed E-state index contributed by atoms with van der Waals surface area (Å²) < 4.78 is 40.6. The summed E-state index contributed by atoms with van der Waals surface area (Å²) in [5, 5.41) is 3.15. The fourth-order valence-corrected chi connectivity index (χ4v) is 2.25. The number of nitrogens with one attached hydrogen (secondary N) is 1. The Morgan fingerprint density at radius 1 is 0.952 bits per heavy atom. The lowest BCUT2D eigenvalue weighted by Gasteiger charge is -2.27. The first-order valence-electron chi connectivity index (χ1n) is 6.44. The van der Waals surface area contributed by atoms with E-state index in [1.54, 1.807) is 0 Å². The average molecular weight is 358 g/mol. The van der Waals surface area contributed by atoms with Gasteiger partial charge in [-0.15, -0.1) is 0 Å². The van der Waals surface area contributed by atoms with E-state index < -0.39 is 23.0 Å². The van der Waals surface area contributed by atoms with E-state index in [0.717, 1.165) is 16.1 Å². The maximum Gasteiger partial charge on any atom is 0.161 e. The molecule has 0 radical (unpaired) electrons. The van der Waals surface area contributed by atoms with Gasteiger partial charge in [0, 0.05) is 28.2 Å². The summed E-state index contributed by atoms with van der Waals surface area (Å²) in [6.45, 7) is 3.98. The zero-order chi connectivity index (χ0) is 15.6. The predicted molar refractivity (Wildman–Crippen MR) is 80.3 cm³/mol. The van der Waals surface area contributed by atoms with Gasteiger partial charge in [-0.25, -0.2) is 13.2 Å². The third kappa shape index (κ3) is 3.86. The summed E-state index contributed by atoms with van der Waals surface area (Å²) in [7, 11) is 0. The molecule has 0 aromatic heterocycles. The molecule has 0 heterocycles. The lowest BCUT2D eigenvalue weighted by atomic mass is 9.94. The van der Waals surface area contributed by atoms with Gasteiger partial charge >= 0.3 is 0 Å². The number of hydrogen-bond donors (Lipinski definition) is 1. The third-order valence-electron chi connectivity index (χ3n) is 3.38. The Morgan fingerprint density at radius 3 is 2.14 bits per heavy atom. The van der Waals surface area contributed by atoms with Crippen molar-refractivity contribution in [3.05, 3.63) is 69.4 Å². The molecule has 1 N–H and O–H groups in total. The smallest absolute Gasteiger partial charge is 0.161 e. The molecule has 0 bridgehead atoms. The summed E-state index contributed by atoms with van der Waals surface area (Å²) in [5.74, 6) is -2.98. The molecule has 0 aliphatic carbocycles. The second-order valence-corrected chi connectivity index (χ2v) is 6.26. The maximum absolute atomic E-state index is 13.6. The van der Waals surface area contributed by atoms with Crippen molar-refractivity contribution in [3.8, 4) is 0 Å². The van der Waals surface area contributed by atoms with Gasteiger partial charge in [0.05, 0.1) is 0 Å². The van der Waals surface area contributed by atoms with E-state index >= 15 is 0 Å². The van der Waals surface area contributed by atoms with Crippen LogP contribution in [0, 0.1) is 17.5 Å². The lowest BCUT2D eigenvalue weighted by Crippen LogP contribution is -2.36. The van der Waals surface area contributed by atoms with Gasteiger partial charge < -0.3 is 5.32 Å². The minimum atomic E-state index is -1.18. The number of rotatable bonds is 4. The van der Waals surface area contributed by atoms with Gasteiger partial charge in [-0.3, -0.25) is 0 Å². The Labute approximate surface area is 130 Å². The SMILES string of the molecule is CC(C)(NCc1cc(F)c(F)cc1F)c1ccc(Br)cc1. The van der Waals surface area contributed by atoms with E-state index in [9.17, 15) is 13.2 Å². The first-order valence-corrected chi connectivity index (χ1v) is 7.23. The van der Waals surface area contributed by atoms with Gasteiger partial charge in [-0.05, 0) is 37.6 Å². The van der Waals surface area contributed by atoms with Gasteiger partial charge in [0.1, 0.15) is 5.82 Å². The van der Waals surface area contributed by atoms with E-state index in [4.69, 9.17) is 0 Å². The first-order chi connectivity index (χ1) is 9.79. The van der Waals surface area contributed by atoms with E-state index in [0.29, 0.717) is 6.07 Å². The molecule has 5 heteroatoms. The van der Waals surface area contributed by atoms with Gasteiger partial charge in [-0.2, -0.15) is 0 Å². The lowest BCUT2D eigenvalue weighted by molar-refractivity contribution is 0.394. The Hall–Kier alpha value is -1.33. The van der Waals surface area contributed by atoms with Crippen LogP contribution in [0.15, 0.2) is 40.9 Å². The molecule has 112 valence electrons. The normalized spacial score (nSPS) is 11.7. The highest BCUT2D eigenvalue weighted by Crippen LogP contribution is 2.23. The third-order valence-corrected chi connectivity index (χ3v) is 3.90. The zero-order valence-electron chi connectivity index (χ0n) is 11.7. The van der Waals surface area contributed by atoms with Crippen LogP contribution in [0.1, 0.15) is 25.0 Å². The Balaban J connectivity index is 2.15. The Kier molecular flexibility index (Phi) is 4.74. The Morgan fingerprint density at radius 2 is 1.52 bits per heavy atom. The van der Waals surface area contributed by atoms with Crippen molar-refractivity contribution in [1.29, 1.82) is 0 Å². The molecule has 1 nitrogen and oxygen atoms in total. The van der Waals surface area contributed by atoms with E-state index in [-0.39, 0.29) is 12.1 Å². The van der Waals surface area contributed by atoms with Crippen LogP contribution < -0.4 is 5.32 Å². The molecule has 0 saturated heterocycles. The molecule has 0 saturated carbocycles. The van der Waals surface area contributed by atoms with Crippen molar-refractivity contribution in [2.45, 2.75) is 25.9 Å². The van der Waals surface area contributed by atoms with E-state index in [2.05, 4.69) is 21.2 Å². The van der Waals surface area contributed by atoms with Gasteiger partial charge in [0.25, 0.3) is 0 Å². The summed E-state index contributed by atoms with van der Waals surface area (Å²) in [4.78, 5) is 0. The van der Waals surface area contributed by atoms with Crippen LogP contribution in [0.2, 0.25) is 0 Å². The van der Waals surface area contributed by atoms with Crippen LogP contribution in [0.25, 0.3) is 0 Å². The average Bonchev–Trinajstić information content (AvgIpc) is 2.42. The summed E-state index contributed by atoms with van der Waals surface area (Å²) in [6.07, 6.45) is 0.